The maximum absolute atomic E-state index is 3.59. The summed E-state index contributed by atoms with van der Waals surface area (Å²) in [5.74, 6) is 0. The zero-order valence-electron chi connectivity index (χ0n) is 13.6. The van der Waals surface area contributed by atoms with Crippen molar-refractivity contribution in [3.05, 3.63) is 34.9 Å². The van der Waals surface area contributed by atoms with Crippen LogP contribution in [0.2, 0.25) is 0 Å². The molecule has 0 atom stereocenters. The summed E-state index contributed by atoms with van der Waals surface area (Å²) in [5.41, 5.74) is 4.28. The van der Waals surface area contributed by atoms with E-state index in [4.69, 9.17) is 0 Å². The molecule has 0 amide bonds. The van der Waals surface area contributed by atoms with Crippen molar-refractivity contribution in [3.63, 3.8) is 0 Å². The van der Waals surface area contributed by atoms with E-state index in [0.29, 0.717) is 0 Å². The Kier molecular flexibility index (Phi) is 5.62. The first-order valence-electron chi connectivity index (χ1n) is 8.10. The minimum absolute atomic E-state index is 0.754. The molecule has 1 saturated carbocycles. The minimum atomic E-state index is 0.754. The highest BCUT2D eigenvalue weighted by atomic mass is 15.1. The van der Waals surface area contributed by atoms with Gasteiger partial charge in [0, 0.05) is 18.6 Å². The van der Waals surface area contributed by atoms with Gasteiger partial charge in [-0.2, -0.15) is 0 Å². The third-order valence-electron chi connectivity index (χ3n) is 4.74. The molecule has 0 saturated heterocycles. The van der Waals surface area contributed by atoms with Crippen molar-refractivity contribution in [2.24, 2.45) is 0 Å². The quantitative estimate of drug-likeness (QED) is 0.881. The lowest BCUT2D eigenvalue weighted by atomic mass is 9.90. The molecule has 0 aliphatic heterocycles. The second kappa shape index (κ2) is 7.24. The highest BCUT2D eigenvalue weighted by Gasteiger charge is 2.23. The van der Waals surface area contributed by atoms with Gasteiger partial charge in [-0.05, 0) is 64.3 Å². The van der Waals surface area contributed by atoms with E-state index in [-0.39, 0.29) is 0 Å². The van der Waals surface area contributed by atoms with Crippen molar-refractivity contribution >= 4 is 0 Å². The zero-order chi connectivity index (χ0) is 14.5. The number of hydrogen-bond acceptors (Lipinski definition) is 2. The molecular formula is C18H30N2. The Bertz CT molecular complexity index is 419. The average molecular weight is 274 g/mol. The first-order chi connectivity index (χ1) is 9.60. The van der Waals surface area contributed by atoms with Crippen LogP contribution in [0.3, 0.4) is 0 Å². The van der Waals surface area contributed by atoms with Crippen LogP contribution in [-0.4, -0.2) is 30.6 Å². The van der Waals surface area contributed by atoms with Crippen molar-refractivity contribution < 1.29 is 0 Å². The Morgan fingerprint density at radius 1 is 1.15 bits per heavy atom. The van der Waals surface area contributed by atoms with Gasteiger partial charge >= 0.3 is 0 Å². The lowest BCUT2D eigenvalue weighted by molar-refractivity contribution is 0.168. The summed E-state index contributed by atoms with van der Waals surface area (Å²) in [6, 6.07) is 8.31. The summed E-state index contributed by atoms with van der Waals surface area (Å²) in [6.07, 6.45) is 5.32. The van der Waals surface area contributed by atoms with Crippen molar-refractivity contribution in [2.45, 2.75) is 65.1 Å². The third kappa shape index (κ3) is 4.07. The Morgan fingerprint density at radius 3 is 2.50 bits per heavy atom. The van der Waals surface area contributed by atoms with Crippen molar-refractivity contribution in [1.29, 1.82) is 0 Å². The Morgan fingerprint density at radius 2 is 1.85 bits per heavy atom. The van der Waals surface area contributed by atoms with E-state index in [1.165, 1.54) is 42.4 Å². The normalized spacial score (nSPS) is 23.2. The molecule has 1 aromatic rings. The monoisotopic (exact) mass is 274 g/mol. The van der Waals surface area contributed by atoms with Gasteiger partial charge in [0.25, 0.3) is 0 Å². The Hall–Kier alpha value is -0.860. The third-order valence-corrected chi connectivity index (χ3v) is 4.74. The standard InChI is InChI=1S/C18H30N2/c1-5-19-17-8-10-18(11-9-17)20(4)13-16-12-14(2)6-7-15(16)3/h6-7,12,17-19H,5,8-11,13H2,1-4H3. The van der Waals surface area contributed by atoms with Crippen LogP contribution in [0, 0.1) is 13.8 Å². The molecule has 1 fully saturated rings. The molecule has 0 aromatic heterocycles. The number of aryl methyl sites for hydroxylation is 2. The smallest absolute Gasteiger partial charge is 0.0236 e. The van der Waals surface area contributed by atoms with Gasteiger partial charge in [-0.25, -0.2) is 0 Å². The molecule has 20 heavy (non-hydrogen) atoms. The summed E-state index contributed by atoms with van der Waals surface area (Å²) >= 11 is 0. The topological polar surface area (TPSA) is 15.3 Å². The molecule has 0 bridgehead atoms. The molecule has 1 aliphatic carbocycles. The number of nitrogens with one attached hydrogen (secondary N) is 1. The fourth-order valence-corrected chi connectivity index (χ4v) is 3.38. The second-order valence-electron chi connectivity index (χ2n) is 6.41. The summed E-state index contributed by atoms with van der Waals surface area (Å²) < 4.78 is 0. The van der Waals surface area contributed by atoms with Gasteiger partial charge in [0.05, 0.1) is 0 Å². The van der Waals surface area contributed by atoms with Crippen LogP contribution in [0.5, 0.6) is 0 Å². The molecule has 0 radical (unpaired) electrons. The van der Waals surface area contributed by atoms with E-state index < -0.39 is 0 Å². The zero-order valence-corrected chi connectivity index (χ0v) is 13.6. The van der Waals surface area contributed by atoms with E-state index in [2.05, 4.69) is 56.2 Å². The Labute approximate surface area is 124 Å². The van der Waals surface area contributed by atoms with E-state index in [1.54, 1.807) is 0 Å². The van der Waals surface area contributed by atoms with Crippen LogP contribution in [0.25, 0.3) is 0 Å². The molecule has 2 rings (SSSR count). The van der Waals surface area contributed by atoms with Gasteiger partial charge in [-0.3, -0.25) is 4.90 Å². The van der Waals surface area contributed by atoms with E-state index >= 15 is 0 Å². The highest BCUT2D eigenvalue weighted by molar-refractivity contribution is 5.30. The maximum atomic E-state index is 3.59. The van der Waals surface area contributed by atoms with Gasteiger partial charge in [0.15, 0.2) is 0 Å². The van der Waals surface area contributed by atoms with Gasteiger partial charge in [0.1, 0.15) is 0 Å². The first-order valence-corrected chi connectivity index (χ1v) is 8.10. The van der Waals surface area contributed by atoms with E-state index in [0.717, 1.165) is 25.2 Å². The summed E-state index contributed by atoms with van der Waals surface area (Å²) in [4.78, 5) is 2.56. The first kappa shape index (κ1) is 15.5. The predicted octanol–water partition coefficient (Wildman–Crippen LogP) is 3.66. The summed E-state index contributed by atoms with van der Waals surface area (Å²) in [6.45, 7) is 8.81. The molecule has 112 valence electrons. The molecule has 2 nitrogen and oxygen atoms in total. The van der Waals surface area contributed by atoms with Crippen LogP contribution in [0.15, 0.2) is 18.2 Å². The van der Waals surface area contributed by atoms with Gasteiger partial charge in [-0.1, -0.05) is 30.7 Å². The highest BCUT2D eigenvalue weighted by Crippen LogP contribution is 2.24. The number of nitrogens with zero attached hydrogens (tertiary/aromatic N) is 1. The second-order valence-corrected chi connectivity index (χ2v) is 6.41. The molecule has 2 heteroatoms. The average Bonchev–Trinajstić information content (AvgIpc) is 2.44. The van der Waals surface area contributed by atoms with Crippen LogP contribution >= 0.6 is 0 Å². The SMILES string of the molecule is CCNC1CCC(N(C)Cc2cc(C)ccc2C)CC1. The summed E-state index contributed by atoms with van der Waals surface area (Å²) in [7, 11) is 2.29. The number of benzene rings is 1. The van der Waals surface area contributed by atoms with Crippen LogP contribution in [0.1, 0.15) is 49.3 Å². The largest absolute Gasteiger partial charge is 0.314 e. The molecule has 0 heterocycles. The lowest BCUT2D eigenvalue weighted by Crippen LogP contribution is -2.40. The van der Waals surface area contributed by atoms with Gasteiger partial charge in [-0.15, -0.1) is 0 Å². The molecule has 0 spiro atoms. The van der Waals surface area contributed by atoms with E-state index in [1.807, 2.05) is 0 Å². The minimum Gasteiger partial charge on any atom is -0.314 e. The fourth-order valence-electron chi connectivity index (χ4n) is 3.38. The molecule has 1 N–H and O–H groups in total. The van der Waals surface area contributed by atoms with Crippen molar-refractivity contribution in [3.8, 4) is 0 Å². The van der Waals surface area contributed by atoms with Gasteiger partial charge < -0.3 is 5.32 Å². The van der Waals surface area contributed by atoms with Gasteiger partial charge in [0.2, 0.25) is 0 Å². The van der Waals surface area contributed by atoms with Crippen molar-refractivity contribution in [2.75, 3.05) is 13.6 Å². The Balaban J connectivity index is 1.89. The lowest BCUT2D eigenvalue weighted by Gasteiger charge is -2.35. The fraction of sp³-hybridized carbons (Fsp3) is 0.667. The molecular weight excluding hydrogens is 244 g/mol. The number of rotatable bonds is 5. The predicted molar refractivity (Wildman–Crippen MR) is 87.1 cm³/mol. The molecule has 0 unspecified atom stereocenters. The van der Waals surface area contributed by atoms with Crippen LogP contribution < -0.4 is 5.32 Å². The van der Waals surface area contributed by atoms with Crippen LogP contribution in [-0.2, 0) is 6.54 Å². The maximum Gasteiger partial charge on any atom is 0.0236 e. The number of hydrogen-bond donors (Lipinski definition) is 1. The van der Waals surface area contributed by atoms with Crippen molar-refractivity contribution in [1.82, 2.24) is 10.2 Å². The van der Waals surface area contributed by atoms with E-state index in [9.17, 15) is 0 Å². The summed E-state index contributed by atoms with van der Waals surface area (Å²) in [5, 5.41) is 3.59. The molecule has 1 aromatic carbocycles. The van der Waals surface area contributed by atoms with Crippen LogP contribution in [0.4, 0.5) is 0 Å². The molecule has 1 aliphatic rings.